The largest absolute Gasteiger partial charge is 0.431 e. The third kappa shape index (κ3) is 2.92. The van der Waals surface area contributed by atoms with Gasteiger partial charge in [0.05, 0.1) is 16.3 Å². The van der Waals surface area contributed by atoms with E-state index in [1.54, 1.807) is 0 Å². The number of aromatic nitrogens is 2. The first-order chi connectivity index (χ1) is 10.9. The first kappa shape index (κ1) is 17.7. The highest BCUT2D eigenvalue weighted by molar-refractivity contribution is 6.33. The Morgan fingerprint density at radius 2 is 1.79 bits per heavy atom. The van der Waals surface area contributed by atoms with Crippen LogP contribution in [0.15, 0.2) is 27.8 Å². The maximum absolute atomic E-state index is 14.0. The van der Waals surface area contributed by atoms with Crippen LogP contribution in [-0.2, 0) is 13.2 Å². The normalized spacial score (nSPS) is 11.6. The number of carbonyl (C=O) groups excluding carboxylic acids is 1. The van der Waals surface area contributed by atoms with Gasteiger partial charge in [0, 0.05) is 13.1 Å². The number of hydrogen-bond acceptors (Lipinski definition) is 3. The van der Waals surface area contributed by atoms with Crippen LogP contribution in [0.2, 0.25) is 5.02 Å². The smallest absolute Gasteiger partial charge is 0.366 e. The molecule has 1 aromatic heterocycles. The summed E-state index contributed by atoms with van der Waals surface area (Å²) in [4.78, 5) is 35.2. The minimum Gasteiger partial charge on any atom is -0.366 e. The lowest BCUT2D eigenvalue weighted by molar-refractivity contribution is -0.144. The predicted octanol–water partition coefficient (Wildman–Crippen LogP) is 1.45. The topological polar surface area (TPSA) is 87.1 Å². The van der Waals surface area contributed by atoms with Gasteiger partial charge < -0.3 is 5.73 Å². The predicted molar refractivity (Wildman–Crippen MR) is 75.8 cm³/mol. The van der Waals surface area contributed by atoms with Crippen molar-refractivity contribution in [1.29, 1.82) is 0 Å². The van der Waals surface area contributed by atoms with Gasteiger partial charge in [-0.15, -0.1) is 0 Å². The van der Waals surface area contributed by atoms with Crippen molar-refractivity contribution in [2.45, 2.75) is 6.18 Å². The lowest BCUT2D eigenvalue weighted by Crippen LogP contribution is -2.41. The molecule has 0 saturated carbocycles. The molecule has 0 aliphatic carbocycles. The fourth-order valence-corrected chi connectivity index (χ4v) is 2.26. The van der Waals surface area contributed by atoms with Crippen molar-refractivity contribution in [3.63, 3.8) is 0 Å². The lowest BCUT2D eigenvalue weighted by Gasteiger charge is -2.14. The molecule has 0 spiro atoms. The molecule has 1 aromatic carbocycles. The Balaban J connectivity index is 2.88. The van der Waals surface area contributed by atoms with E-state index in [2.05, 4.69) is 0 Å². The summed E-state index contributed by atoms with van der Waals surface area (Å²) < 4.78 is 52.7. The second-order valence-corrected chi connectivity index (χ2v) is 5.10. The molecule has 0 saturated heterocycles. The van der Waals surface area contributed by atoms with E-state index < -0.39 is 46.1 Å². The summed E-state index contributed by atoms with van der Waals surface area (Å²) in [5.74, 6) is -2.26. The van der Waals surface area contributed by atoms with Gasteiger partial charge in [0.2, 0.25) is 5.91 Å². The SMILES string of the molecule is Cn1c(C(F)(F)F)cc(=O)n(-c2cc(C(N)=O)c(Cl)cc2F)c1=O. The molecule has 11 heteroatoms. The van der Waals surface area contributed by atoms with Gasteiger partial charge in [-0.3, -0.25) is 14.2 Å². The van der Waals surface area contributed by atoms with E-state index in [0.717, 1.165) is 13.1 Å². The zero-order valence-electron chi connectivity index (χ0n) is 11.8. The first-order valence-electron chi connectivity index (χ1n) is 6.14. The zero-order chi connectivity index (χ0) is 18.4. The number of halogens is 5. The molecule has 2 N–H and O–H groups in total. The number of nitrogens with two attached hydrogens (primary N) is 1. The van der Waals surface area contributed by atoms with Crippen molar-refractivity contribution in [2.24, 2.45) is 12.8 Å². The second kappa shape index (κ2) is 5.78. The van der Waals surface area contributed by atoms with Crippen LogP contribution < -0.4 is 17.0 Å². The summed E-state index contributed by atoms with van der Waals surface area (Å²) >= 11 is 5.62. The van der Waals surface area contributed by atoms with Crippen LogP contribution in [0, 0.1) is 5.82 Å². The third-order valence-electron chi connectivity index (χ3n) is 3.15. The Hall–Kier alpha value is -2.62. The Morgan fingerprint density at radius 1 is 1.21 bits per heavy atom. The molecule has 0 aliphatic rings. The summed E-state index contributed by atoms with van der Waals surface area (Å²) in [5, 5.41) is -0.375. The average Bonchev–Trinajstić information content (AvgIpc) is 2.43. The molecule has 24 heavy (non-hydrogen) atoms. The van der Waals surface area contributed by atoms with Crippen LogP contribution in [0.25, 0.3) is 5.69 Å². The summed E-state index contributed by atoms with van der Waals surface area (Å²) in [5.41, 5.74) is -0.493. The number of benzene rings is 1. The molecule has 0 atom stereocenters. The van der Waals surface area contributed by atoms with Crippen LogP contribution in [-0.4, -0.2) is 15.0 Å². The molecule has 0 bridgehead atoms. The Morgan fingerprint density at radius 3 is 2.29 bits per heavy atom. The number of alkyl halides is 3. The van der Waals surface area contributed by atoms with Crippen molar-refractivity contribution in [3.05, 3.63) is 61.1 Å². The van der Waals surface area contributed by atoms with Gasteiger partial charge in [0.15, 0.2) is 0 Å². The Kier molecular flexibility index (Phi) is 4.27. The summed E-state index contributed by atoms with van der Waals surface area (Å²) in [6, 6.07) is 1.48. The number of hydrogen-bond donors (Lipinski definition) is 1. The van der Waals surface area contributed by atoms with Gasteiger partial charge in [-0.25, -0.2) is 13.8 Å². The van der Waals surface area contributed by atoms with Gasteiger partial charge in [0.1, 0.15) is 11.5 Å². The average molecular weight is 366 g/mol. The van der Waals surface area contributed by atoms with Gasteiger partial charge in [-0.1, -0.05) is 11.6 Å². The van der Waals surface area contributed by atoms with Crippen LogP contribution >= 0.6 is 11.6 Å². The lowest BCUT2D eigenvalue weighted by atomic mass is 10.1. The van der Waals surface area contributed by atoms with E-state index in [0.29, 0.717) is 6.07 Å². The number of primary amides is 1. The fourth-order valence-electron chi connectivity index (χ4n) is 2.02. The molecule has 2 rings (SSSR count). The van der Waals surface area contributed by atoms with Gasteiger partial charge >= 0.3 is 11.9 Å². The Bertz CT molecular complexity index is 963. The molecule has 6 nitrogen and oxygen atoms in total. The van der Waals surface area contributed by atoms with Crippen molar-refractivity contribution in [1.82, 2.24) is 9.13 Å². The van der Waals surface area contributed by atoms with Crippen molar-refractivity contribution >= 4 is 17.5 Å². The fraction of sp³-hybridized carbons (Fsp3) is 0.154. The van der Waals surface area contributed by atoms with Gasteiger partial charge in [-0.05, 0) is 12.1 Å². The zero-order valence-corrected chi connectivity index (χ0v) is 12.6. The van der Waals surface area contributed by atoms with Crippen LogP contribution in [0.4, 0.5) is 17.6 Å². The van der Waals surface area contributed by atoms with E-state index in [9.17, 15) is 31.9 Å². The molecular formula is C13H8ClF4N3O3. The summed E-state index contributed by atoms with van der Waals surface area (Å²) in [6.07, 6.45) is -4.96. The third-order valence-corrected chi connectivity index (χ3v) is 3.47. The van der Waals surface area contributed by atoms with E-state index in [4.69, 9.17) is 17.3 Å². The quantitative estimate of drug-likeness (QED) is 0.817. The van der Waals surface area contributed by atoms with Crippen LogP contribution in [0.1, 0.15) is 16.1 Å². The number of rotatable bonds is 2. The number of carbonyl (C=O) groups is 1. The van der Waals surface area contributed by atoms with E-state index in [1.807, 2.05) is 0 Å². The molecular weight excluding hydrogens is 358 g/mol. The minimum absolute atomic E-state index is 0.138. The van der Waals surface area contributed by atoms with E-state index in [-0.39, 0.29) is 20.2 Å². The Labute approximate surface area is 135 Å². The first-order valence-corrected chi connectivity index (χ1v) is 6.52. The number of amides is 1. The van der Waals surface area contributed by atoms with E-state index in [1.165, 1.54) is 0 Å². The molecule has 1 amide bonds. The molecule has 0 unspecified atom stereocenters. The molecule has 2 aromatic rings. The van der Waals surface area contributed by atoms with Gasteiger partial charge in [0.25, 0.3) is 5.56 Å². The van der Waals surface area contributed by atoms with Crippen molar-refractivity contribution in [3.8, 4) is 5.69 Å². The maximum Gasteiger partial charge on any atom is 0.431 e. The monoisotopic (exact) mass is 365 g/mol. The highest BCUT2D eigenvalue weighted by atomic mass is 35.5. The number of nitrogens with zero attached hydrogens (tertiary/aromatic N) is 2. The van der Waals surface area contributed by atoms with Gasteiger partial charge in [-0.2, -0.15) is 13.2 Å². The maximum atomic E-state index is 14.0. The molecule has 0 fully saturated rings. The minimum atomic E-state index is -4.96. The van der Waals surface area contributed by atoms with E-state index >= 15 is 0 Å². The van der Waals surface area contributed by atoms with Crippen LogP contribution in [0.5, 0.6) is 0 Å². The van der Waals surface area contributed by atoms with Crippen molar-refractivity contribution in [2.75, 3.05) is 0 Å². The summed E-state index contributed by atoms with van der Waals surface area (Å²) in [7, 11) is 0.768. The highest BCUT2D eigenvalue weighted by Crippen LogP contribution is 2.27. The molecule has 0 aliphatic heterocycles. The molecule has 128 valence electrons. The standard InChI is InChI=1S/C13H8ClF4N3O3/c1-20-9(13(16,17)18)4-10(22)21(12(20)24)8-2-5(11(19)23)6(14)3-7(8)15/h2-4H,1H3,(H2,19,23). The molecule has 1 heterocycles. The van der Waals surface area contributed by atoms with Crippen molar-refractivity contribution < 1.29 is 22.4 Å². The van der Waals surface area contributed by atoms with Crippen LogP contribution in [0.3, 0.4) is 0 Å². The summed E-state index contributed by atoms with van der Waals surface area (Å²) in [6.45, 7) is 0. The second-order valence-electron chi connectivity index (χ2n) is 4.69. The molecule has 0 radical (unpaired) electrons. The highest BCUT2D eigenvalue weighted by Gasteiger charge is 2.35.